The first kappa shape index (κ1) is 28.6. The van der Waals surface area contributed by atoms with E-state index < -0.39 is 43.6 Å². The van der Waals surface area contributed by atoms with Crippen molar-refractivity contribution in [1.29, 1.82) is 0 Å². The fourth-order valence-electron chi connectivity index (χ4n) is 3.94. The highest BCUT2D eigenvalue weighted by atomic mass is 35.5. The average Bonchev–Trinajstić information content (AvgIpc) is 2.88. The number of rotatable bonds is 8. The van der Waals surface area contributed by atoms with Crippen LogP contribution in [0.4, 0.5) is 17.6 Å². The Morgan fingerprint density at radius 3 is 1.26 bits per heavy atom. The molecule has 0 aromatic heterocycles. The first-order valence-electron chi connectivity index (χ1n) is 11.5. The van der Waals surface area contributed by atoms with E-state index in [2.05, 4.69) is 0 Å². The molecule has 2 nitrogen and oxygen atoms in total. The van der Waals surface area contributed by atoms with Gasteiger partial charge in [0.2, 0.25) is 0 Å². The van der Waals surface area contributed by atoms with Gasteiger partial charge >= 0.3 is 0 Å². The van der Waals surface area contributed by atoms with Crippen molar-refractivity contribution in [2.24, 2.45) is 0 Å². The Hall–Kier alpha value is -3.39. The van der Waals surface area contributed by atoms with Crippen LogP contribution in [0, 0.1) is 23.3 Å². The minimum absolute atomic E-state index is 0.0162. The summed E-state index contributed by atoms with van der Waals surface area (Å²) in [5.74, 6) is -3.26. The SMILES string of the molecule is O=S(=O)(C(C=Cc1ccc(F)cc1F)c1ccc(Cl)cc1)C(C=Cc1ccc(F)cc1F)c1ccc(Cl)cc1. The number of hydrogen-bond donors (Lipinski definition) is 0. The Morgan fingerprint density at radius 2 is 0.923 bits per heavy atom. The van der Waals surface area contributed by atoms with Gasteiger partial charge in [0.25, 0.3) is 0 Å². The smallest absolute Gasteiger partial charge is 0.171 e. The van der Waals surface area contributed by atoms with Gasteiger partial charge in [-0.1, -0.05) is 71.8 Å². The zero-order chi connectivity index (χ0) is 28.2. The van der Waals surface area contributed by atoms with Crippen molar-refractivity contribution in [3.8, 4) is 0 Å². The molecule has 9 heteroatoms. The molecule has 200 valence electrons. The van der Waals surface area contributed by atoms with Gasteiger partial charge in [-0.05, 0) is 59.7 Å². The third-order valence-corrected chi connectivity index (χ3v) is 8.71. The van der Waals surface area contributed by atoms with Crippen LogP contribution in [-0.2, 0) is 9.84 Å². The van der Waals surface area contributed by atoms with Crippen molar-refractivity contribution in [2.75, 3.05) is 0 Å². The summed E-state index contributed by atoms with van der Waals surface area (Å²) in [6.45, 7) is 0. The predicted molar refractivity (Wildman–Crippen MR) is 148 cm³/mol. The molecule has 0 aliphatic heterocycles. The summed E-state index contributed by atoms with van der Waals surface area (Å²) in [6, 6.07) is 18.1. The third-order valence-electron chi connectivity index (χ3n) is 5.93. The minimum Gasteiger partial charge on any atom is -0.227 e. The lowest BCUT2D eigenvalue weighted by Gasteiger charge is -2.22. The fraction of sp³-hybridized carbons (Fsp3) is 0.0667. The van der Waals surface area contributed by atoms with E-state index in [9.17, 15) is 26.0 Å². The van der Waals surface area contributed by atoms with Gasteiger partial charge in [0.1, 0.15) is 33.8 Å². The van der Waals surface area contributed by atoms with Crippen LogP contribution in [0.3, 0.4) is 0 Å². The van der Waals surface area contributed by atoms with Crippen molar-refractivity contribution in [3.63, 3.8) is 0 Å². The molecular weight excluding hydrogens is 571 g/mol. The molecule has 2 unspecified atom stereocenters. The summed E-state index contributed by atoms with van der Waals surface area (Å²) in [4.78, 5) is 0. The monoisotopic (exact) mass is 590 g/mol. The number of hydrogen-bond acceptors (Lipinski definition) is 2. The maximum Gasteiger partial charge on any atom is 0.171 e. The van der Waals surface area contributed by atoms with Crippen LogP contribution in [-0.4, -0.2) is 8.42 Å². The lowest BCUT2D eigenvalue weighted by Crippen LogP contribution is -2.19. The summed E-state index contributed by atoms with van der Waals surface area (Å²) in [6.07, 6.45) is 5.11. The van der Waals surface area contributed by atoms with Crippen LogP contribution >= 0.6 is 23.2 Å². The summed E-state index contributed by atoms with van der Waals surface area (Å²) in [5.41, 5.74) is 0.632. The maximum atomic E-state index is 14.3. The molecule has 0 aliphatic rings. The standard InChI is InChI=1S/C30H20Cl2F4O2S/c31-23-9-1-21(2-10-23)29(15-7-19-5-13-25(33)17-27(19)35)39(37,38)30(22-3-11-24(32)12-4-22)16-8-20-6-14-26(34)18-28(20)36/h1-18,29-30H. The van der Waals surface area contributed by atoms with Gasteiger partial charge in [-0.2, -0.15) is 0 Å². The Kier molecular flexibility index (Phi) is 8.95. The average molecular weight is 591 g/mol. The molecule has 4 aromatic carbocycles. The van der Waals surface area contributed by atoms with E-state index in [-0.39, 0.29) is 11.1 Å². The molecule has 0 bridgehead atoms. The zero-order valence-corrected chi connectivity index (χ0v) is 22.4. The maximum absolute atomic E-state index is 14.3. The van der Waals surface area contributed by atoms with E-state index >= 15 is 0 Å². The molecule has 4 rings (SSSR count). The fourth-order valence-corrected chi connectivity index (χ4v) is 6.17. The molecule has 4 aromatic rings. The lowest BCUT2D eigenvalue weighted by molar-refractivity contribution is 0.580. The number of sulfone groups is 1. The van der Waals surface area contributed by atoms with E-state index in [0.29, 0.717) is 33.3 Å². The topological polar surface area (TPSA) is 34.1 Å². The van der Waals surface area contributed by atoms with Gasteiger partial charge in [-0.3, -0.25) is 0 Å². The van der Waals surface area contributed by atoms with Crippen molar-refractivity contribution in [3.05, 3.63) is 153 Å². The third kappa shape index (κ3) is 6.98. The number of benzene rings is 4. The van der Waals surface area contributed by atoms with Crippen molar-refractivity contribution in [1.82, 2.24) is 0 Å². The molecule has 0 heterocycles. The van der Waals surface area contributed by atoms with Crippen molar-refractivity contribution in [2.45, 2.75) is 10.5 Å². The summed E-state index contributed by atoms with van der Waals surface area (Å²) in [7, 11) is -4.23. The van der Waals surface area contributed by atoms with Gasteiger partial charge in [0.15, 0.2) is 9.84 Å². The molecule has 39 heavy (non-hydrogen) atoms. The second-order valence-electron chi connectivity index (χ2n) is 8.58. The summed E-state index contributed by atoms with van der Waals surface area (Å²) in [5, 5.41) is -1.88. The Morgan fingerprint density at radius 1 is 0.564 bits per heavy atom. The molecule has 0 radical (unpaired) electrons. The summed E-state index contributed by atoms with van der Waals surface area (Å²) < 4.78 is 84.0. The van der Waals surface area contributed by atoms with E-state index in [1.807, 2.05) is 0 Å². The van der Waals surface area contributed by atoms with Gasteiger partial charge < -0.3 is 0 Å². The normalized spacial score (nSPS) is 13.7. The van der Waals surface area contributed by atoms with Gasteiger partial charge in [-0.25, -0.2) is 26.0 Å². The van der Waals surface area contributed by atoms with Crippen LogP contribution < -0.4 is 0 Å². The van der Waals surface area contributed by atoms with Crippen LogP contribution in [0.5, 0.6) is 0 Å². The Labute approximate surface area is 233 Å². The van der Waals surface area contributed by atoms with Crippen LogP contribution in [0.15, 0.2) is 97.1 Å². The van der Waals surface area contributed by atoms with E-state index in [1.54, 1.807) is 0 Å². The van der Waals surface area contributed by atoms with Crippen LogP contribution in [0.25, 0.3) is 12.2 Å². The Bertz CT molecular complexity index is 1520. The highest BCUT2D eigenvalue weighted by Gasteiger charge is 2.33. The predicted octanol–water partition coefficient (Wildman–Crippen LogP) is 9.17. The van der Waals surface area contributed by atoms with Crippen molar-refractivity contribution < 1.29 is 26.0 Å². The van der Waals surface area contributed by atoms with E-state index in [0.717, 1.165) is 12.1 Å². The molecule has 2 atom stereocenters. The lowest BCUT2D eigenvalue weighted by atomic mass is 10.1. The minimum atomic E-state index is -4.23. The second kappa shape index (κ2) is 12.2. The molecule has 0 amide bonds. The van der Waals surface area contributed by atoms with E-state index in [1.165, 1.54) is 85.0 Å². The molecule has 0 saturated carbocycles. The van der Waals surface area contributed by atoms with Crippen molar-refractivity contribution >= 4 is 45.2 Å². The summed E-state index contributed by atoms with van der Waals surface area (Å²) >= 11 is 12.0. The van der Waals surface area contributed by atoms with Crippen LogP contribution in [0.1, 0.15) is 32.8 Å². The van der Waals surface area contributed by atoms with Gasteiger partial charge in [0, 0.05) is 33.3 Å². The molecule has 0 fully saturated rings. The number of halogens is 6. The van der Waals surface area contributed by atoms with Gasteiger partial charge in [0.05, 0.1) is 0 Å². The van der Waals surface area contributed by atoms with E-state index in [4.69, 9.17) is 23.2 Å². The quantitative estimate of drug-likeness (QED) is 0.192. The largest absolute Gasteiger partial charge is 0.227 e. The van der Waals surface area contributed by atoms with Crippen LogP contribution in [0.2, 0.25) is 10.0 Å². The molecule has 0 aliphatic carbocycles. The molecule has 0 N–H and O–H groups in total. The highest BCUT2D eigenvalue weighted by molar-refractivity contribution is 7.92. The molecular formula is C30H20Cl2F4O2S. The Balaban J connectivity index is 1.85. The second-order valence-corrected chi connectivity index (χ2v) is 11.6. The highest BCUT2D eigenvalue weighted by Crippen LogP contribution is 2.38. The van der Waals surface area contributed by atoms with Gasteiger partial charge in [-0.15, -0.1) is 0 Å². The zero-order valence-electron chi connectivity index (χ0n) is 20.0. The first-order chi connectivity index (χ1) is 18.5. The molecule has 0 spiro atoms. The molecule has 0 saturated heterocycles. The first-order valence-corrected chi connectivity index (χ1v) is 13.9.